The van der Waals surface area contributed by atoms with Crippen LogP contribution in [0.15, 0.2) is 12.1 Å². The van der Waals surface area contributed by atoms with Crippen molar-refractivity contribution in [3.05, 3.63) is 33.6 Å². The number of aromatic carboxylic acids is 1. The molecule has 0 aromatic heterocycles. The van der Waals surface area contributed by atoms with Gasteiger partial charge >= 0.3 is 11.7 Å². The number of nitrogens with zero attached hydrogens (tertiary/aromatic N) is 1. The number of nitro benzene ring substituents is 1. The maximum atomic E-state index is 13.4. The minimum Gasteiger partial charge on any atom is -0.484 e. The number of hydrogen-bond donors (Lipinski definition) is 1. The van der Waals surface area contributed by atoms with Crippen LogP contribution in [-0.2, 0) is 4.74 Å². The van der Waals surface area contributed by atoms with Crippen molar-refractivity contribution in [3.8, 4) is 5.75 Å². The van der Waals surface area contributed by atoms with E-state index >= 15 is 0 Å². The second kappa shape index (κ2) is 7.53. The fraction of sp³-hybridized carbons (Fsp3) is 0.462. The summed E-state index contributed by atoms with van der Waals surface area (Å²) in [6.45, 7) is 4.62. The highest BCUT2D eigenvalue weighted by Gasteiger charge is 2.22. The van der Waals surface area contributed by atoms with Crippen LogP contribution >= 0.6 is 0 Å². The Hall–Kier alpha value is -2.22. The van der Waals surface area contributed by atoms with Gasteiger partial charge in [0.15, 0.2) is 5.75 Å². The van der Waals surface area contributed by atoms with Crippen molar-refractivity contribution >= 4 is 11.7 Å². The first kappa shape index (κ1) is 16.8. The first-order chi connectivity index (χ1) is 9.82. The molecule has 8 heteroatoms. The zero-order valence-corrected chi connectivity index (χ0v) is 11.7. The molecule has 116 valence electrons. The molecule has 1 aromatic rings. The Labute approximate surface area is 120 Å². The average Bonchev–Trinajstić information content (AvgIpc) is 2.38. The molecule has 0 radical (unpaired) electrons. The second-order valence-electron chi connectivity index (χ2n) is 4.68. The summed E-state index contributed by atoms with van der Waals surface area (Å²) in [6, 6.07) is 1.34. The van der Waals surface area contributed by atoms with Crippen molar-refractivity contribution in [1.82, 2.24) is 0 Å². The Kier molecular flexibility index (Phi) is 6.04. The van der Waals surface area contributed by atoms with Gasteiger partial charge in [-0.05, 0) is 5.92 Å². The summed E-state index contributed by atoms with van der Waals surface area (Å²) >= 11 is 0. The van der Waals surface area contributed by atoms with E-state index in [0.717, 1.165) is 6.07 Å². The Morgan fingerprint density at radius 1 is 1.43 bits per heavy atom. The Morgan fingerprint density at radius 3 is 2.62 bits per heavy atom. The molecule has 0 unspecified atom stereocenters. The zero-order valence-electron chi connectivity index (χ0n) is 11.7. The van der Waals surface area contributed by atoms with E-state index in [1.165, 1.54) is 0 Å². The Balaban J connectivity index is 2.81. The summed E-state index contributed by atoms with van der Waals surface area (Å²) in [5, 5.41) is 19.6. The first-order valence-corrected chi connectivity index (χ1v) is 6.24. The van der Waals surface area contributed by atoms with E-state index in [0.29, 0.717) is 18.6 Å². The molecule has 0 spiro atoms. The smallest absolute Gasteiger partial charge is 0.338 e. The third-order valence-electron chi connectivity index (χ3n) is 2.41. The topological polar surface area (TPSA) is 98.9 Å². The minimum atomic E-state index is -1.52. The van der Waals surface area contributed by atoms with Gasteiger partial charge in [0.1, 0.15) is 12.4 Å². The van der Waals surface area contributed by atoms with Gasteiger partial charge in [0.05, 0.1) is 23.2 Å². The van der Waals surface area contributed by atoms with Crippen LogP contribution in [0, 0.1) is 21.8 Å². The van der Waals surface area contributed by atoms with Gasteiger partial charge in [0, 0.05) is 12.7 Å². The second-order valence-corrected chi connectivity index (χ2v) is 4.68. The lowest BCUT2D eigenvalue weighted by Gasteiger charge is -2.10. The van der Waals surface area contributed by atoms with E-state index in [1.54, 1.807) is 0 Å². The lowest BCUT2D eigenvalue weighted by atomic mass is 10.2. The third-order valence-corrected chi connectivity index (χ3v) is 2.41. The molecule has 0 saturated heterocycles. The number of nitro groups is 1. The lowest BCUT2D eigenvalue weighted by Crippen LogP contribution is -2.12. The number of carboxylic acid groups (broad SMARTS) is 1. The van der Waals surface area contributed by atoms with Crippen LogP contribution in [0.3, 0.4) is 0 Å². The van der Waals surface area contributed by atoms with Gasteiger partial charge in [-0.3, -0.25) is 10.1 Å². The molecule has 0 aliphatic heterocycles. The monoisotopic (exact) mass is 301 g/mol. The maximum Gasteiger partial charge on any atom is 0.338 e. The Morgan fingerprint density at radius 2 is 2.10 bits per heavy atom. The number of carboxylic acids is 1. The van der Waals surface area contributed by atoms with E-state index in [2.05, 4.69) is 0 Å². The van der Waals surface area contributed by atoms with Crippen molar-refractivity contribution in [2.45, 2.75) is 13.8 Å². The maximum absolute atomic E-state index is 13.4. The summed E-state index contributed by atoms with van der Waals surface area (Å²) in [7, 11) is 0. The molecule has 0 aliphatic carbocycles. The van der Waals surface area contributed by atoms with Gasteiger partial charge in [-0.2, -0.15) is 0 Å². The number of hydrogen-bond acceptors (Lipinski definition) is 5. The minimum absolute atomic E-state index is 0.00173. The van der Waals surface area contributed by atoms with Crippen LogP contribution < -0.4 is 4.74 Å². The van der Waals surface area contributed by atoms with Gasteiger partial charge < -0.3 is 14.6 Å². The highest BCUT2D eigenvalue weighted by molar-refractivity contribution is 5.89. The first-order valence-electron chi connectivity index (χ1n) is 6.24. The predicted molar refractivity (Wildman–Crippen MR) is 71.2 cm³/mol. The molecule has 0 aliphatic rings. The summed E-state index contributed by atoms with van der Waals surface area (Å²) in [5.74, 6) is -2.67. The molecule has 0 bridgehead atoms. The number of rotatable bonds is 8. The zero-order chi connectivity index (χ0) is 16.0. The SMILES string of the molecule is CC(C)COCCOc1cc(C(=O)O)c(F)cc1[N+](=O)[O-]. The standard InChI is InChI=1S/C13H16FNO6/c1-8(2)7-20-3-4-21-12-5-9(13(16)17)10(14)6-11(12)15(18)19/h5-6,8H,3-4,7H2,1-2H3,(H,16,17). The van der Waals surface area contributed by atoms with Crippen molar-refractivity contribution in [2.75, 3.05) is 19.8 Å². The van der Waals surface area contributed by atoms with E-state index in [-0.39, 0.29) is 19.0 Å². The summed E-state index contributed by atoms with van der Waals surface area (Å²) < 4.78 is 23.8. The number of halogens is 1. The largest absolute Gasteiger partial charge is 0.484 e. The normalized spacial score (nSPS) is 10.7. The van der Waals surface area contributed by atoms with E-state index in [4.69, 9.17) is 14.6 Å². The van der Waals surface area contributed by atoms with E-state index in [9.17, 15) is 19.3 Å². The van der Waals surface area contributed by atoms with Crippen LogP contribution in [-0.4, -0.2) is 35.8 Å². The van der Waals surface area contributed by atoms with Gasteiger partial charge in [0.2, 0.25) is 0 Å². The fourth-order valence-electron chi connectivity index (χ4n) is 1.49. The Bertz CT molecular complexity index is 532. The molecule has 7 nitrogen and oxygen atoms in total. The van der Waals surface area contributed by atoms with Crippen molar-refractivity contribution in [2.24, 2.45) is 5.92 Å². The predicted octanol–water partition coefficient (Wildman–Crippen LogP) is 2.48. The lowest BCUT2D eigenvalue weighted by molar-refractivity contribution is -0.386. The molecule has 1 N–H and O–H groups in total. The fourth-order valence-corrected chi connectivity index (χ4v) is 1.49. The highest BCUT2D eigenvalue weighted by atomic mass is 19.1. The van der Waals surface area contributed by atoms with Gasteiger partial charge in [-0.15, -0.1) is 0 Å². The number of ether oxygens (including phenoxy) is 2. The molecular weight excluding hydrogens is 285 g/mol. The molecular formula is C13H16FNO6. The molecule has 0 saturated carbocycles. The average molecular weight is 301 g/mol. The van der Waals surface area contributed by atoms with E-state index in [1.807, 2.05) is 13.8 Å². The van der Waals surface area contributed by atoms with Crippen LogP contribution in [0.5, 0.6) is 5.75 Å². The van der Waals surface area contributed by atoms with Gasteiger partial charge in [0.25, 0.3) is 0 Å². The van der Waals surface area contributed by atoms with Crippen LogP contribution in [0.2, 0.25) is 0 Å². The van der Waals surface area contributed by atoms with Crippen molar-refractivity contribution < 1.29 is 28.7 Å². The van der Waals surface area contributed by atoms with E-state index < -0.39 is 28.0 Å². The van der Waals surface area contributed by atoms with Gasteiger partial charge in [-0.25, -0.2) is 9.18 Å². The molecule has 21 heavy (non-hydrogen) atoms. The molecule has 1 aromatic carbocycles. The molecule has 1 rings (SSSR count). The third kappa shape index (κ3) is 4.99. The molecule has 0 heterocycles. The summed E-state index contributed by atoms with van der Waals surface area (Å²) in [5.41, 5.74) is -1.31. The van der Waals surface area contributed by atoms with Crippen molar-refractivity contribution in [1.29, 1.82) is 0 Å². The van der Waals surface area contributed by atoms with Crippen LogP contribution in [0.4, 0.5) is 10.1 Å². The summed E-state index contributed by atoms with van der Waals surface area (Å²) in [4.78, 5) is 20.8. The number of carbonyl (C=O) groups is 1. The molecule has 0 fully saturated rings. The highest BCUT2D eigenvalue weighted by Crippen LogP contribution is 2.30. The van der Waals surface area contributed by atoms with Crippen LogP contribution in [0.1, 0.15) is 24.2 Å². The summed E-state index contributed by atoms with van der Waals surface area (Å²) in [6.07, 6.45) is 0. The number of benzene rings is 1. The van der Waals surface area contributed by atoms with Crippen molar-refractivity contribution in [3.63, 3.8) is 0 Å². The molecule has 0 amide bonds. The molecule has 0 atom stereocenters. The van der Waals surface area contributed by atoms with Gasteiger partial charge in [-0.1, -0.05) is 13.8 Å². The van der Waals surface area contributed by atoms with Crippen LogP contribution in [0.25, 0.3) is 0 Å². The quantitative estimate of drug-likeness (QED) is 0.450.